The van der Waals surface area contributed by atoms with Crippen LogP contribution in [0.15, 0.2) is 4.99 Å². The minimum absolute atomic E-state index is 0. The Hall–Kier alpha value is 0. The SMILES string of the molecule is CCC(C)NC(N)=NC[C@@H]1C[C@H]1C1CCC1.I. The van der Waals surface area contributed by atoms with Crippen LogP contribution < -0.4 is 11.1 Å². The number of aliphatic imine (C=N–C) groups is 1. The molecule has 2 aliphatic carbocycles. The highest BCUT2D eigenvalue weighted by Crippen LogP contribution is 2.51. The minimum Gasteiger partial charge on any atom is -0.370 e. The first-order valence-electron chi connectivity index (χ1n) is 6.77. The third-order valence-electron chi connectivity index (χ3n) is 4.24. The maximum atomic E-state index is 5.83. The van der Waals surface area contributed by atoms with Crippen molar-refractivity contribution < 1.29 is 0 Å². The first-order chi connectivity index (χ1) is 7.70. The molecule has 0 spiro atoms. The Morgan fingerprint density at radius 3 is 2.71 bits per heavy atom. The first-order valence-corrected chi connectivity index (χ1v) is 6.77. The van der Waals surface area contributed by atoms with Crippen LogP contribution in [0, 0.1) is 17.8 Å². The van der Waals surface area contributed by atoms with Crippen molar-refractivity contribution in [3.05, 3.63) is 0 Å². The van der Waals surface area contributed by atoms with Gasteiger partial charge in [0.2, 0.25) is 0 Å². The van der Waals surface area contributed by atoms with Gasteiger partial charge in [-0.1, -0.05) is 26.2 Å². The molecule has 3 N–H and O–H groups in total. The number of rotatable bonds is 5. The van der Waals surface area contributed by atoms with E-state index in [0.29, 0.717) is 12.0 Å². The zero-order valence-corrected chi connectivity index (χ0v) is 13.3. The summed E-state index contributed by atoms with van der Waals surface area (Å²) in [5.41, 5.74) is 5.83. The lowest BCUT2D eigenvalue weighted by molar-refractivity contribution is 0.266. The van der Waals surface area contributed by atoms with Crippen molar-refractivity contribution in [2.75, 3.05) is 6.54 Å². The molecule has 0 aliphatic heterocycles. The number of hydrogen-bond acceptors (Lipinski definition) is 1. The highest BCUT2D eigenvalue weighted by molar-refractivity contribution is 14.0. The molecule has 2 aliphatic rings. The normalized spacial score (nSPS) is 30.1. The topological polar surface area (TPSA) is 50.4 Å². The highest BCUT2D eigenvalue weighted by Gasteiger charge is 2.44. The average molecular weight is 351 g/mol. The molecule has 1 unspecified atom stereocenters. The quantitative estimate of drug-likeness (QED) is 0.455. The van der Waals surface area contributed by atoms with Crippen LogP contribution in [0.3, 0.4) is 0 Å². The van der Waals surface area contributed by atoms with E-state index in [1.54, 1.807) is 0 Å². The molecule has 0 bridgehead atoms. The highest BCUT2D eigenvalue weighted by atomic mass is 127. The summed E-state index contributed by atoms with van der Waals surface area (Å²) in [6.07, 6.45) is 6.86. The van der Waals surface area contributed by atoms with Gasteiger partial charge in [0.25, 0.3) is 0 Å². The van der Waals surface area contributed by atoms with E-state index in [0.717, 1.165) is 30.7 Å². The van der Waals surface area contributed by atoms with Crippen molar-refractivity contribution in [1.82, 2.24) is 5.32 Å². The Kier molecular flexibility index (Phi) is 6.03. The fraction of sp³-hybridized carbons (Fsp3) is 0.923. The molecular weight excluding hydrogens is 325 g/mol. The van der Waals surface area contributed by atoms with Crippen LogP contribution in [0.1, 0.15) is 46.0 Å². The Bertz CT molecular complexity index is 263. The summed E-state index contributed by atoms with van der Waals surface area (Å²) in [6, 6.07) is 0.436. The Labute approximate surface area is 122 Å². The van der Waals surface area contributed by atoms with Gasteiger partial charge in [-0.2, -0.15) is 0 Å². The molecule has 0 saturated heterocycles. The fourth-order valence-corrected chi connectivity index (χ4v) is 2.54. The van der Waals surface area contributed by atoms with E-state index in [1.807, 2.05) is 0 Å². The van der Waals surface area contributed by atoms with E-state index in [1.165, 1.54) is 25.7 Å². The first kappa shape index (κ1) is 15.1. The molecule has 2 rings (SSSR count). The summed E-state index contributed by atoms with van der Waals surface area (Å²) < 4.78 is 0. The Morgan fingerprint density at radius 1 is 1.47 bits per heavy atom. The van der Waals surface area contributed by atoms with Gasteiger partial charge in [-0.15, -0.1) is 24.0 Å². The van der Waals surface area contributed by atoms with Crippen molar-refractivity contribution in [3.8, 4) is 0 Å². The zero-order chi connectivity index (χ0) is 11.5. The second-order valence-electron chi connectivity index (χ2n) is 5.53. The van der Waals surface area contributed by atoms with Crippen LogP contribution in [0.4, 0.5) is 0 Å². The summed E-state index contributed by atoms with van der Waals surface area (Å²) in [5.74, 6) is 3.48. The third-order valence-corrected chi connectivity index (χ3v) is 4.24. The number of nitrogens with two attached hydrogens (primary N) is 1. The molecule has 0 aromatic rings. The second-order valence-corrected chi connectivity index (χ2v) is 5.53. The summed E-state index contributed by atoms with van der Waals surface area (Å²) in [5, 5.41) is 3.21. The molecule has 0 aromatic carbocycles. The maximum Gasteiger partial charge on any atom is 0.188 e. The van der Waals surface area contributed by atoms with Crippen molar-refractivity contribution in [1.29, 1.82) is 0 Å². The molecule has 0 radical (unpaired) electrons. The van der Waals surface area contributed by atoms with E-state index < -0.39 is 0 Å². The maximum absolute atomic E-state index is 5.83. The van der Waals surface area contributed by atoms with Gasteiger partial charge in [-0.3, -0.25) is 4.99 Å². The van der Waals surface area contributed by atoms with Crippen LogP contribution in [0.25, 0.3) is 0 Å². The second kappa shape index (κ2) is 6.81. The summed E-state index contributed by atoms with van der Waals surface area (Å²) in [6.45, 7) is 5.23. The van der Waals surface area contributed by atoms with Crippen molar-refractivity contribution in [2.24, 2.45) is 28.5 Å². The molecule has 17 heavy (non-hydrogen) atoms. The van der Waals surface area contributed by atoms with Crippen molar-refractivity contribution in [3.63, 3.8) is 0 Å². The molecule has 0 heterocycles. The Morgan fingerprint density at radius 2 is 2.18 bits per heavy atom. The number of nitrogens with zero attached hydrogens (tertiary/aromatic N) is 1. The largest absolute Gasteiger partial charge is 0.370 e. The van der Waals surface area contributed by atoms with Gasteiger partial charge >= 0.3 is 0 Å². The van der Waals surface area contributed by atoms with Crippen LogP contribution in [-0.4, -0.2) is 18.5 Å². The van der Waals surface area contributed by atoms with Gasteiger partial charge in [-0.05, 0) is 37.5 Å². The molecule has 3 atom stereocenters. The zero-order valence-electron chi connectivity index (χ0n) is 11.0. The molecular formula is C13H26IN3. The number of halogens is 1. The van der Waals surface area contributed by atoms with Crippen molar-refractivity contribution >= 4 is 29.9 Å². The third kappa shape index (κ3) is 4.30. The Balaban J connectivity index is 0.00000144. The summed E-state index contributed by atoms with van der Waals surface area (Å²) in [7, 11) is 0. The van der Waals surface area contributed by atoms with Gasteiger partial charge in [0, 0.05) is 12.6 Å². The summed E-state index contributed by atoms with van der Waals surface area (Å²) >= 11 is 0. The van der Waals surface area contributed by atoms with Gasteiger partial charge in [0.15, 0.2) is 5.96 Å². The lowest BCUT2D eigenvalue weighted by atomic mass is 9.81. The molecule has 2 fully saturated rings. The number of guanidine groups is 1. The standard InChI is InChI=1S/C13H25N3.HI/c1-3-9(2)16-13(14)15-8-11-7-12(11)10-5-4-6-10;/h9-12H,3-8H2,1-2H3,(H3,14,15,16);1H/t9?,11-,12-;/m0./s1. The van der Waals surface area contributed by atoms with Crippen LogP contribution in [0.5, 0.6) is 0 Å². The minimum atomic E-state index is 0. The smallest absolute Gasteiger partial charge is 0.188 e. The number of hydrogen-bond donors (Lipinski definition) is 2. The van der Waals surface area contributed by atoms with Crippen LogP contribution in [0.2, 0.25) is 0 Å². The van der Waals surface area contributed by atoms with E-state index >= 15 is 0 Å². The predicted octanol–water partition coefficient (Wildman–Crippen LogP) is 2.74. The summed E-state index contributed by atoms with van der Waals surface area (Å²) in [4.78, 5) is 4.45. The molecule has 2 saturated carbocycles. The molecule has 0 aromatic heterocycles. The van der Waals surface area contributed by atoms with Crippen molar-refractivity contribution in [2.45, 2.75) is 52.0 Å². The van der Waals surface area contributed by atoms with Gasteiger partial charge in [0.1, 0.15) is 0 Å². The molecule has 3 nitrogen and oxygen atoms in total. The average Bonchev–Trinajstić information content (AvgIpc) is 2.91. The predicted molar refractivity (Wildman–Crippen MR) is 83.7 cm³/mol. The van der Waals surface area contributed by atoms with Crippen LogP contribution in [-0.2, 0) is 0 Å². The molecule has 0 amide bonds. The molecule has 4 heteroatoms. The van der Waals surface area contributed by atoms with E-state index in [-0.39, 0.29) is 24.0 Å². The van der Waals surface area contributed by atoms with E-state index in [2.05, 4.69) is 24.2 Å². The van der Waals surface area contributed by atoms with E-state index in [9.17, 15) is 0 Å². The van der Waals surface area contributed by atoms with E-state index in [4.69, 9.17) is 5.73 Å². The fourth-order valence-electron chi connectivity index (χ4n) is 2.54. The number of nitrogens with one attached hydrogen (secondary N) is 1. The lowest BCUT2D eigenvalue weighted by Crippen LogP contribution is -2.38. The van der Waals surface area contributed by atoms with Gasteiger partial charge in [0.05, 0.1) is 0 Å². The molecule has 100 valence electrons. The lowest BCUT2D eigenvalue weighted by Gasteiger charge is -2.25. The van der Waals surface area contributed by atoms with Crippen LogP contribution >= 0.6 is 24.0 Å². The van der Waals surface area contributed by atoms with Gasteiger partial charge in [-0.25, -0.2) is 0 Å². The van der Waals surface area contributed by atoms with Gasteiger partial charge < -0.3 is 11.1 Å². The monoisotopic (exact) mass is 351 g/mol.